The first-order valence-corrected chi connectivity index (χ1v) is 3.33. The van der Waals surface area contributed by atoms with Crippen molar-refractivity contribution < 1.29 is 4.39 Å². The maximum atomic E-state index is 12.9. The number of benzene rings is 1. The summed E-state index contributed by atoms with van der Waals surface area (Å²) < 4.78 is 12.9. The molecular formula is C8H6FN2. The Balaban J connectivity index is 2.64. The molecule has 0 saturated heterocycles. The van der Waals surface area contributed by atoms with Crippen molar-refractivity contribution in [2.24, 2.45) is 5.10 Å². The van der Waals surface area contributed by atoms with E-state index in [9.17, 15) is 4.39 Å². The van der Waals surface area contributed by atoms with Crippen molar-refractivity contribution in [3.05, 3.63) is 29.6 Å². The maximum Gasteiger partial charge on any atom is 0.151 e. The summed E-state index contributed by atoms with van der Waals surface area (Å²) >= 11 is 0. The van der Waals surface area contributed by atoms with E-state index in [4.69, 9.17) is 0 Å². The topological polar surface area (TPSA) is 26.5 Å². The van der Waals surface area contributed by atoms with Crippen LogP contribution in [-0.4, -0.2) is 5.71 Å². The van der Waals surface area contributed by atoms with Crippen LogP contribution >= 0.6 is 0 Å². The Morgan fingerprint density at radius 1 is 1.36 bits per heavy atom. The third-order valence-corrected chi connectivity index (χ3v) is 1.68. The second-order valence-corrected chi connectivity index (χ2v) is 2.42. The van der Waals surface area contributed by atoms with E-state index in [1.54, 1.807) is 6.07 Å². The van der Waals surface area contributed by atoms with Gasteiger partial charge in [0, 0.05) is 5.56 Å². The highest BCUT2D eigenvalue weighted by Crippen LogP contribution is 2.24. The lowest BCUT2D eigenvalue weighted by Gasteiger charge is -1.96. The van der Waals surface area contributed by atoms with Gasteiger partial charge in [-0.25, -0.2) is 4.39 Å². The van der Waals surface area contributed by atoms with E-state index in [1.165, 1.54) is 6.07 Å². The van der Waals surface area contributed by atoms with Crippen molar-refractivity contribution in [2.75, 3.05) is 0 Å². The minimum Gasteiger partial charge on any atom is -0.205 e. The second-order valence-electron chi connectivity index (χ2n) is 2.42. The fraction of sp³-hybridized carbons (Fsp3) is 0.125. The zero-order chi connectivity index (χ0) is 7.84. The normalized spacial score (nSPS) is 13.8. The summed E-state index contributed by atoms with van der Waals surface area (Å²) in [6.07, 6.45) is 0. The summed E-state index contributed by atoms with van der Waals surface area (Å²) in [6, 6.07) is 4.86. The number of nitrogens with zero attached hydrogens (tertiary/aromatic N) is 2. The van der Waals surface area contributed by atoms with Gasteiger partial charge in [0.2, 0.25) is 0 Å². The van der Waals surface area contributed by atoms with Crippen LogP contribution in [0.3, 0.4) is 0 Å². The van der Waals surface area contributed by atoms with Gasteiger partial charge in [-0.3, -0.25) is 0 Å². The molecule has 2 rings (SSSR count). The van der Waals surface area contributed by atoms with Gasteiger partial charge in [0.15, 0.2) is 5.82 Å². The zero-order valence-corrected chi connectivity index (χ0v) is 6.00. The Labute approximate surface area is 63.7 Å². The molecule has 2 nitrogen and oxygen atoms in total. The average molecular weight is 149 g/mol. The van der Waals surface area contributed by atoms with E-state index in [1.807, 2.05) is 13.0 Å². The predicted octanol–water partition coefficient (Wildman–Crippen LogP) is 1.80. The Bertz CT molecular complexity index is 331. The lowest BCUT2D eigenvalue weighted by molar-refractivity contribution is 0.621. The first-order chi connectivity index (χ1) is 5.29. The van der Waals surface area contributed by atoms with E-state index in [2.05, 4.69) is 10.5 Å². The van der Waals surface area contributed by atoms with E-state index < -0.39 is 0 Å². The van der Waals surface area contributed by atoms with Gasteiger partial charge in [0.1, 0.15) is 5.69 Å². The molecule has 0 amide bonds. The molecule has 1 aromatic rings. The molecule has 0 saturated carbocycles. The fourth-order valence-electron chi connectivity index (χ4n) is 1.09. The van der Waals surface area contributed by atoms with Crippen molar-refractivity contribution >= 4 is 11.4 Å². The highest BCUT2D eigenvalue weighted by Gasteiger charge is 2.16. The van der Waals surface area contributed by atoms with Gasteiger partial charge in [-0.05, 0) is 13.0 Å². The first kappa shape index (κ1) is 6.34. The van der Waals surface area contributed by atoms with Crippen molar-refractivity contribution in [1.82, 2.24) is 5.43 Å². The zero-order valence-electron chi connectivity index (χ0n) is 6.00. The Morgan fingerprint density at radius 2 is 2.18 bits per heavy atom. The lowest BCUT2D eigenvalue weighted by Crippen LogP contribution is -1.90. The van der Waals surface area contributed by atoms with Crippen LogP contribution in [-0.2, 0) is 0 Å². The van der Waals surface area contributed by atoms with Gasteiger partial charge in [-0.2, -0.15) is 5.10 Å². The molecule has 0 spiro atoms. The Hall–Kier alpha value is -1.38. The standard InChI is InChI=1S/C8H6FN2/c1-5-6-3-2-4-7(9)8(6)11-10-5/h2-4H,1H3. The smallest absolute Gasteiger partial charge is 0.151 e. The second kappa shape index (κ2) is 2.05. The van der Waals surface area contributed by atoms with Crippen molar-refractivity contribution in [3.63, 3.8) is 0 Å². The molecule has 11 heavy (non-hydrogen) atoms. The molecule has 1 aliphatic heterocycles. The van der Waals surface area contributed by atoms with Gasteiger partial charge in [-0.15, -0.1) is 5.43 Å². The van der Waals surface area contributed by atoms with Crippen LogP contribution in [0.15, 0.2) is 23.3 Å². The summed E-state index contributed by atoms with van der Waals surface area (Å²) in [5, 5.41) is 3.77. The number of fused-ring (bicyclic) bond motifs is 1. The van der Waals surface area contributed by atoms with Crippen LogP contribution in [0.2, 0.25) is 0 Å². The summed E-state index contributed by atoms with van der Waals surface area (Å²) in [6.45, 7) is 1.81. The molecule has 0 fully saturated rings. The maximum absolute atomic E-state index is 12.9. The first-order valence-electron chi connectivity index (χ1n) is 3.33. The highest BCUT2D eigenvalue weighted by atomic mass is 19.1. The van der Waals surface area contributed by atoms with E-state index in [0.717, 1.165) is 11.3 Å². The minimum absolute atomic E-state index is 0.303. The number of hydrogen-bond donors (Lipinski definition) is 0. The molecule has 0 aromatic heterocycles. The van der Waals surface area contributed by atoms with E-state index >= 15 is 0 Å². The molecular weight excluding hydrogens is 143 g/mol. The third-order valence-electron chi connectivity index (χ3n) is 1.68. The van der Waals surface area contributed by atoms with Crippen LogP contribution in [0.5, 0.6) is 0 Å². The van der Waals surface area contributed by atoms with Crippen molar-refractivity contribution in [2.45, 2.75) is 6.92 Å². The molecule has 0 atom stereocenters. The minimum atomic E-state index is -0.303. The molecule has 55 valence electrons. The van der Waals surface area contributed by atoms with Gasteiger partial charge < -0.3 is 0 Å². The van der Waals surface area contributed by atoms with Crippen LogP contribution in [0, 0.1) is 5.82 Å². The van der Waals surface area contributed by atoms with E-state index in [-0.39, 0.29) is 5.82 Å². The molecule has 0 N–H and O–H groups in total. The fourth-order valence-corrected chi connectivity index (χ4v) is 1.09. The number of halogens is 1. The molecule has 0 bridgehead atoms. The predicted molar refractivity (Wildman–Crippen MR) is 40.4 cm³/mol. The lowest BCUT2D eigenvalue weighted by atomic mass is 10.1. The molecule has 1 aliphatic rings. The van der Waals surface area contributed by atoms with Crippen molar-refractivity contribution in [3.8, 4) is 0 Å². The average Bonchev–Trinajstić information content (AvgIpc) is 2.35. The molecule has 1 radical (unpaired) electrons. The largest absolute Gasteiger partial charge is 0.205 e. The van der Waals surface area contributed by atoms with Gasteiger partial charge in [-0.1, -0.05) is 12.1 Å². The number of rotatable bonds is 0. The number of hydrogen-bond acceptors (Lipinski definition) is 1. The van der Waals surface area contributed by atoms with E-state index in [0.29, 0.717) is 5.69 Å². The molecule has 1 heterocycles. The summed E-state index contributed by atoms with van der Waals surface area (Å²) in [7, 11) is 0. The van der Waals surface area contributed by atoms with Crippen LogP contribution in [0.1, 0.15) is 12.5 Å². The molecule has 0 aliphatic carbocycles. The van der Waals surface area contributed by atoms with Crippen LogP contribution in [0.25, 0.3) is 0 Å². The Morgan fingerprint density at radius 3 is 2.91 bits per heavy atom. The molecule has 1 aromatic carbocycles. The van der Waals surface area contributed by atoms with Gasteiger partial charge in [0.05, 0.1) is 5.71 Å². The quantitative estimate of drug-likeness (QED) is 0.537. The summed E-state index contributed by atoms with van der Waals surface area (Å²) in [5.74, 6) is -0.303. The van der Waals surface area contributed by atoms with Crippen LogP contribution in [0.4, 0.5) is 10.1 Å². The third kappa shape index (κ3) is 0.808. The van der Waals surface area contributed by atoms with Gasteiger partial charge in [0.25, 0.3) is 0 Å². The Kier molecular flexibility index (Phi) is 1.18. The van der Waals surface area contributed by atoms with Gasteiger partial charge >= 0.3 is 0 Å². The molecule has 0 unspecified atom stereocenters. The summed E-state index contributed by atoms with van der Waals surface area (Å²) in [4.78, 5) is 0. The van der Waals surface area contributed by atoms with Crippen LogP contribution < -0.4 is 5.43 Å². The summed E-state index contributed by atoms with van der Waals surface area (Å²) in [5.41, 5.74) is 5.63. The SMILES string of the molecule is CC1=N[N]c2c(F)cccc21. The molecule has 3 heteroatoms. The van der Waals surface area contributed by atoms with Crippen molar-refractivity contribution in [1.29, 1.82) is 0 Å². The monoisotopic (exact) mass is 149 g/mol. The highest BCUT2D eigenvalue weighted by molar-refractivity contribution is 6.04.